The maximum absolute atomic E-state index is 10.3. The molecule has 0 aliphatic heterocycles. The number of benzene rings is 1. The Kier molecular flexibility index (Phi) is 3.61. The Morgan fingerprint density at radius 3 is 2.68 bits per heavy atom. The molecule has 0 saturated heterocycles. The van der Waals surface area contributed by atoms with Gasteiger partial charge in [-0.3, -0.25) is 0 Å². The zero-order valence-corrected chi connectivity index (χ0v) is 14.5. The first-order chi connectivity index (χ1) is 10.3. The summed E-state index contributed by atoms with van der Waals surface area (Å²) in [5.74, 6) is 1.32. The molecule has 0 radical (unpaired) electrons. The van der Waals surface area contributed by atoms with Gasteiger partial charge in [-0.2, -0.15) is 0 Å². The van der Waals surface area contributed by atoms with Crippen molar-refractivity contribution in [1.82, 2.24) is 14.5 Å². The molecule has 0 atom stereocenters. The summed E-state index contributed by atoms with van der Waals surface area (Å²) in [6.45, 7) is 6.09. The lowest BCUT2D eigenvalue weighted by atomic mass is 10.1. The van der Waals surface area contributed by atoms with E-state index in [0.29, 0.717) is 17.9 Å². The smallest absolute Gasteiger partial charge is 0.152 e. The van der Waals surface area contributed by atoms with E-state index in [4.69, 9.17) is 5.73 Å². The van der Waals surface area contributed by atoms with Crippen LogP contribution in [0.1, 0.15) is 26.6 Å². The fourth-order valence-corrected chi connectivity index (χ4v) is 3.11. The van der Waals surface area contributed by atoms with Crippen molar-refractivity contribution < 1.29 is 5.11 Å². The van der Waals surface area contributed by atoms with Crippen LogP contribution in [0.3, 0.4) is 0 Å². The molecular formula is C16H19BrN4O. The monoisotopic (exact) mass is 362 g/mol. The van der Waals surface area contributed by atoms with Gasteiger partial charge in [0.15, 0.2) is 5.82 Å². The quantitative estimate of drug-likeness (QED) is 0.749. The SMILES string of the molecule is CCc1nc2c(N)nc3cc(Br)ccc3c2n1CC(C)(C)O. The van der Waals surface area contributed by atoms with Crippen molar-refractivity contribution in [3.05, 3.63) is 28.5 Å². The summed E-state index contributed by atoms with van der Waals surface area (Å²) in [7, 11) is 0. The second-order valence-corrected chi connectivity index (χ2v) is 7.05. The summed E-state index contributed by atoms with van der Waals surface area (Å²) in [6.07, 6.45) is 0.766. The van der Waals surface area contributed by atoms with Gasteiger partial charge in [-0.05, 0) is 32.0 Å². The minimum atomic E-state index is -0.836. The Hall–Kier alpha value is -1.66. The van der Waals surface area contributed by atoms with Gasteiger partial charge in [0, 0.05) is 16.3 Å². The highest BCUT2D eigenvalue weighted by Gasteiger charge is 2.21. The first-order valence-corrected chi connectivity index (χ1v) is 8.05. The van der Waals surface area contributed by atoms with Gasteiger partial charge in [-0.25, -0.2) is 9.97 Å². The molecule has 0 fully saturated rings. The summed E-state index contributed by atoms with van der Waals surface area (Å²) in [5, 5.41) is 11.2. The Morgan fingerprint density at radius 2 is 2.05 bits per heavy atom. The van der Waals surface area contributed by atoms with Crippen molar-refractivity contribution in [2.75, 3.05) is 5.73 Å². The van der Waals surface area contributed by atoms with Crippen LogP contribution in [0.25, 0.3) is 21.9 Å². The summed E-state index contributed by atoms with van der Waals surface area (Å²) >= 11 is 3.46. The first-order valence-electron chi connectivity index (χ1n) is 7.26. The zero-order valence-electron chi connectivity index (χ0n) is 12.9. The number of hydrogen-bond acceptors (Lipinski definition) is 4. The number of halogens is 1. The Balaban J connectivity index is 2.43. The Labute approximate surface area is 137 Å². The zero-order chi connectivity index (χ0) is 16.1. The lowest BCUT2D eigenvalue weighted by molar-refractivity contribution is 0.0619. The molecule has 3 N–H and O–H groups in total. The third-order valence-corrected chi connectivity index (χ3v) is 4.10. The molecule has 0 spiro atoms. The number of nitrogen functional groups attached to an aromatic ring is 1. The van der Waals surface area contributed by atoms with Gasteiger partial charge in [0.25, 0.3) is 0 Å². The number of nitrogens with zero attached hydrogens (tertiary/aromatic N) is 3. The van der Waals surface area contributed by atoms with E-state index in [1.54, 1.807) is 13.8 Å². The largest absolute Gasteiger partial charge is 0.389 e. The minimum Gasteiger partial charge on any atom is -0.389 e. The van der Waals surface area contributed by atoms with E-state index in [0.717, 1.165) is 33.1 Å². The standard InChI is InChI=1S/C16H19BrN4O/c1-4-12-20-13-14(21(12)8-16(2,3)22)10-6-5-9(17)7-11(10)19-15(13)18/h5-7,22H,4,8H2,1-3H3,(H2,18,19). The fraction of sp³-hybridized carbons (Fsp3) is 0.375. The maximum Gasteiger partial charge on any atom is 0.152 e. The molecule has 6 heteroatoms. The molecule has 0 saturated carbocycles. The van der Waals surface area contributed by atoms with Crippen LogP contribution in [0.4, 0.5) is 5.82 Å². The van der Waals surface area contributed by atoms with Crippen LogP contribution in [-0.2, 0) is 13.0 Å². The number of aromatic nitrogens is 3. The normalized spacial score (nSPS) is 12.4. The number of hydrogen-bond donors (Lipinski definition) is 2. The Morgan fingerprint density at radius 1 is 1.32 bits per heavy atom. The predicted octanol–water partition coefficient (Wildman–Crippen LogP) is 3.26. The number of aryl methyl sites for hydroxylation is 1. The molecule has 5 nitrogen and oxygen atoms in total. The fourth-order valence-electron chi connectivity index (χ4n) is 2.76. The molecule has 0 unspecified atom stereocenters. The third-order valence-electron chi connectivity index (χ3n) is 3.61. The van der Waals surface area contributed by atoms with Crippen LogP contribution in [0.15, 0.2) is 22.7 Å². The average Bonchev–Trinajstić information content (AvgIpc) is 2.76. The van der Waals surface area contributed by atoms with E-state index in [9.17, 15) is 5.11 Å². The maximum atomic E-state index is 10.3. The van der Waals surface area contributed by atoms with Gasteiger partial charge < -0.3 is 15.4 Å². The third kappa shape index (κ3) is 2.57. The van der Waals surface area contributed by atoms with Crippen LogP contribution < -0.4 is 5.73 Å². The molecule has 22 heavy (non-hydrogen) atoms. The molecule has 0 amide bonds. The van der Waals surface area contributed by atoms with Gasteiger partial charge >= 0.3 is 0 Å². The Bertz CT molecular complexity index is 864. The van der Waals surface area contributed by atoms with Crippen LogP contribution >= 0.6 is 15.9 Å². The second kappa shape index (κ2) is 5.21. The van der Waals surface area contributed by atoms with E-state index in [2.05, 4.69) is 30.5 Å². The molecule has 0 aliphatic carbocycles. The topological polar surface area (TPSA) is 77.0 Å². The van der Waals surface area contributed by atoms with Gasteiger partial charge in [0.2, 0.25) is 0 Å². The number of pyridine rings is 1. The molecular weight excluding hydrogens is 344 g/mol. The van der Waals surface area contributed by atoms with Crippen molar-refractivity contribution in [3.8, 4) is 0 Å². The van der Waals surface area contributed by atoms with E-state index in [1.807, 2.05) is 25.1 Å². The number of fused-ring (bicyclic) bond motifs is 3. The lowest BCUT2D eigenvalue weighted by Crippen LogP contribution is -2.27. The van der Waals surface area contributed by atoms with E-state index >= 15 is 0 Å². The molecule has 3 rings (SSSR count). The molecule has 2 heterocycles. The highest BCUT2D eigenvalue weighted by molar-refractivity contribution is 9.10. The summed E-state index contributed by atoms with van der Waals surface area (Å²) in [4.78, 5) is 9.10. The van der Waals surface area contributed by atoms with E-state index in [-0.39, 0.29) is 0 Å². The molecule has 116 valence electrons. The van der Waals surface area contributed by atoms with Crippen molar-refractivity contribution in [1.29, 1.82) is 0 Å². The van der Waals surface area contributed by atoms with Crippen LogP contribution in [-0.4, -0.2) is 25.2 Å². The van der Waals surface area contributed by atoms with Crippen molar-refractivity contribution >= 4 is 43.7 Å². The minimum absolute atomic E-state index is 0.421. The average molecular weight is 363 g/mol. The number of imidazole rings is 1. The van der Waals surface area contributed by atoms with Gasteiger partial charge in [0.1, 0.15) is 11.3 Å². The van der Waals surface area contributed by atoms with Crippen LogP contribution in [0.5, 0.6) is 0 Å². The van der Waals surface area contributed by atoms with Crippen molar-refractivity contribution in [2.45, 2.75) is 39.3 Å². The number of rotatable bonds is 3. The summed E-state index contributed by atoms with van der Waals surface area (Å²) in [6, 6.07) is 5.93. The van der Waals surface area contributed by atoms with Crippen LogP contribution in [0, 0.1) is 0 Å². The van der Waals surface area contributed by atoms with Gasteiger partial charge in [-0.1, -0.05) is 22.9 Å². The first kappa shape index (κ1) is 15.2. The van der Waals surface area contributed by atoms with Crippen molar-refractivity contribution in [2.24, 2.45) is 0 Å². The summed E-state index contributed by atoms with van der Waals surface area (Å²) in [5.41, 5.74) is 7.73. The van der Waals surface area contributed by atoms with E-state index < -0.39 is 5.60 Å². The second-order valence-electron chi connectivity index (χ2n) is 6.14. The number of anilines is 1. The highest BCUT2D eigenvalue weighted by Crippen LogP contribution is 2.31. The lowest BCUT2D eigenvalue weighted by Gasteiger charge is -2.20. The number of nitrogens with two attached hydrogens (primary N) is 1. The van der Waals surface area contributed by atoms with Crippen molar-refractivity contribution in [3.63, 3.8) is 0 Å². The van der Waals surface area contributed by atoms with E-state index in [1.165, 1.54) is 0 Å². The molecule has 0 bridgehead atoms. The van der Waals surface area contributed by atoms with Crippen LogP contribution in [0.2, 0.25) is 0 Å². The molecule has 1 aromatic carbocycles. The molecule has 3 aromatic rings. The predicted molar refractivity (Wildman–Crippen MR) is 92.8 cm³/mol. The molecule has 2 aromatic heterocycles. The van der Waals surface area contributed by atoms with Gasteiger partial charge in [-0.15, -0.1) is 0 Å². The molecule has 0 aliphatic rings. The number of aliphatic hydroxyl groups is 1. The highest BCUT2D eigenvalue weighted by atomic mass is 79.9. The summed E-state index contributed by atoms with van der Waals surface area (Å²) < 4.78 is 3.01. The van der Waals surface area contributed by atoms with Gasteiger partial charge in [0.05, 0.1) is 23.2 Å².